The number of carbonyl (C=O) groups is 1. The van der Waals surface area contributed by atoms with Gasteiger partial charge in [0.2, 0.25) is 5.91 Å². The summed E-state index contributed by atoms with van der Waals surface area (Å²) in [5, 5.41) is 12.9. The van der Waals surface area contributed by atoms with Crippen molar-refractivity contribution in [3.05, 3.63) is 69.7 Å². The van der Waals surface area contributed by atoms with Crippen LogP contribution in [0.4, 0.5) is 0 Å². The Balaban J connectivity index is 2.00. The maximum absolute atomic E-state index is 12.4. The van der Waals surface area contributed by atoms with Crippen LogP contribution in [-0.4, -0.2) is 17.6 Å². The molecule has 2 rings (SSSR count). The van der Waals surface area contributed by atoms with E-state index in [1.807, 2.05) is 43.3 Å². The third-order valence-electron chi connectivity index (χ3n) is 3.83. The van der Waals surface area contributed by atoms with E-state index >= 15 is 0 Å². The van der Waals surface area contributed by atoms with Crippen LogP contribution in [0.5, 0.6) is 0 Å². The van der Waals surface area contributed by atoms with Crippen molar-refractivity contribution in [2.75, 3.05) is 6.54 Å². The number of hydrogen-bond donors (Lipinski definition) is 3. The highest BCUT2D eigenvalue weighted by Gasteiger charge is 2.30. The van der Waals surface area contributed by atoms with Gasteiger partial charge in [-0.25, -0.2) is 0 Å². The number of nitrogens with one attached hydrogen (secondary N) is 1. The van der Waals surface area contributed by atoms with Gasteiger partial charge in [-0.2, -0.15) is 0 Å². The highest BCUT2D eigenvalue weighted by Crippen LogP contribution is 2.21. The van der Waals surface area contributed by atoms with Crippen LogP contribution in [0.2, 0.25) is 0 Å². The minimum Gasteiger partial charge on any atom is -0.387 e. The number of aliphatic hydroxyl groups excluding tert-OH is 1. The fourth-order valence-corrected chi connectivity index (χ4v) is 2.47. The fraction of sp³-hybridized carbons (Fsp3) is 0.278. The van der Waals surface area contributed by atoms with E-state index in [0.29, 0.717) is 5.56 Å². The molecule has 0 saturated heterocycles. The number of aliphatic hydroxyl groups is 1. The smallest absolute Gasteiger partial charge is 0.244 e. The average Bonchev–Trinajstić information content (AvgIpc) is 2.53. The van der Waals surface area contributed by atoms with E-state index in [1.54, 1.807) is 19.1 Å². The molecule has 0 bridgehead atoms. The second kappa shape index (κ2) is 7.25. The van der Waals surface area contributed by atoms with Crippen LogP contribution >= 0.6 is 15.9 Å². The van der Waals surface area contributed by atoms with E-state index in [2.05, 4.69) is 21.2 Å². The summed E-state index contributed by atoms with van der Waals surface area (Å²) in [7, 11) is 0. The van der Waals surface area contributed by atoms with E-state index < -0.39 is 11.6 Å². The minimum absolute atomic E-state index is 0.116. The van der Waals surface area contributed by atoms with Crippen molar-refractivity contribution in [1.82, 2.24) is 5.32 Å². The third-order valence-corrected chi connectivity index (χ3v) is 4.36. The molecule has 5 heteroatoms. The summed E-state index contributed by atoms with van der Waals surface area (Å²) in [5.74, 6) is -0.328. The Morgan fingerprint density at radius 3 is 2.35 bits per heavy atom. The van der Waals surface area contributed by atoms with Crippen molar-refractivity contribution < 1.29 is 9.90 Å². The SMILES string of the molecule is Cc1ccc(C(O)CNC(=O)C(C)(N)c2ccc(Br)cc2)cc1. The molecule has 23 heavy (non-hydrogen) atoms. The molecule has 0 aliphatic carbocycles. The molecular formula is C18H21BrN2O2. The van der Waals surface area contributed by atoms with Gasteiger partial charge in [0.25, 0.3) is 0 Å². The van der Waals surface area contributed by atoms with Crippen molar-refractivity contribution in [2.24, 2.45) is 5.73 Å². The molecule has 2 unspecified atom stereocenters. The molecule has 0 fully saturated rings. The van der Waals surface area contributed by atoms with Crippen LogP contribution in [0.3, 0.4) is 0 Å². The first-order chi connectivity index (χ1) is 10.8. The Labute approximate surface area is 144 Å². The van der Waals surface area contributed by atoms with Crippen LogP contribution in [0.1, 0.15) is 29.7 Å². The van der Waals surface area contributed by atoms with Gasteiger partial charge in [0, 0.05) is 11.0 Å². The second-order valence-electron chi connectivity index (χ2n) is 5.85. The highest BCUT2D eigenvalue weighted by atomic mass is 79.9. The van der Waals surface area contributed by atoms with Gasteiger partial charge in [-0.1, -0.05) is 57.9 Å². The van der Waals surface area contributed by atoms with Crippen LogP contribution in [0.15, 0.2) is 53.0 Å². The standard InChI is InChI=1S/C18H21BrN2O2/c1-12-3-5-13(6-4-12)16(22)11-21-17(23)18(2,20)14-7-9-15(19)10-8-14/h3-10,16,22H,11,20H2,1-2H3,(H,21,23). The lowest BCUT2D eigenvalue weighted by molar-refractivity contribution is -0.126. The summed E-state index contributed by atoms with van der Waals surface area (Å²) in [6, 6.07) is 14.8. The van der Waals surface area contributed by atoms with Crippen molar-refractivity contribution >= 4 is 21.8 Å². The van der Waals surface area contributed by atoms with Gasteiger partial charge in [0.15, 0.2) is 0 Å². The Hall–Kier alpha value is -1.69. The number of aryl methyl sites for hydroxylation is 1. The lowest BCUT2D eigenvalue weighted by atomic mass is 9.92. The van der Waals surface area contributed by atoms with E-state index in [0.717, 1.165) is 15.6 Å². The average molecular weight is 377 g/mol. The predicted octanol–water partition coefficient (Wildman–Crippen LogP) is 2.78. The summed E-state index contributed by atoms with van der Waals surface area (Å²) >= 11 is 3.36. The van der Waals surface area contributed by atoms with Crippen LogP contribution < -0.4 is 11.1 Å². The van der Waals surface area contributed by atoms with Gasteiger partial charge in [-0.15, -0.1) is 0 Å². The summed E-state index contributed by atoms with van der Waals surface area (Å²) in [4.78, 5) is 12.4. The maximum atomic E-state index is 12.4. The topological polar surface area (TPSA) is 75.3 Å². The first-order valence-corrected chi connectivity index (χ1v) is 8.18. The Morgan fingerprint density at radius 1 is 1.22 bits per heavy atom. The molecular weight excluding hydrogens is 356 g/mol. The molecule has 122 valence electrons. The summed E-state index contributed by atoms with van der Waals surface area (Å²) in [5.41, 5.74) is 7.60. The van der Waals surface area contributed by atoms with Crippen molar-refractivity contribution in [2.45, 2.75) is 25.5 Å². The number of hydrogen-bond acceptors (Lipinski definition) is 3. The number of carbonyl (C=O) groups excluding carboxylic acids is 1. The lowest BCUT2D eigenvalue weighted by Gasteiger charge is -2.25. The van der Waals surface area contributed by atoms with Gasteiger partial charge in [-0.05, 0) is 37.1 Å². The molecule has 4 nitrogen and oxygen atoms in total. The first-order valence-electron chi connectivity index (χ1n) is 7.38. The maximum Gasteiger partial charge on any atom is 0.244 e. The number of benzene rings is 2. The molecule has 0 saturated carbocycles. The summed E-state index contributed by atoms with van der Waals surface area (Å²) < 4.78 is 0.923. The Bertz CT molecular complexity index is 666. The zero-order chi connectivity index (χ0) is 17.0. The van der Waals surface area contributed by atoms with Crippen LogP contribution in [-0.2, 0) is 10.3 Å². The van der Waals surface area contributed by atoms with Crippen LogP contribution in [0.25, 0.3) is 0 Å². The first kappa shape index (κ1) is 17.7. The molecule has 0 heterocycles. The van der Waals surface area contributed by atoms with Gasteiger partial charge >= 0.3 is 0 Å². The normalized spacial score (nSPS) is 14.8. The fourth-order valence-electron chi connectivity index (χ4n) is 2.21. The number of amides is 1. The highest BCUT2D eigenvalue weighted by molar-refractivity contribution is 9.10. The third kappa shape index (κ3) is 4.41. The number of halogens is 1. The molecule has 1 amide bonds. The van der Waals surface area contributed by atoms with E-state index in [-0.39, 0.29) is 12.5 Å². The predicted molar refractivity (Wildman–Crippen MR) is 94.8 cm³/mol. The zero-order valence-electron chi connectivity index (χ0n) is 13.2. The molecule has 2 aromatic rings. The van der Waals surface area contributed by atoms with Crippen LogP contribution in [0, 0.1) is 6.92 Å². The largest absolute Gasteiger partial charge is 0.387 e. The lowest BCUT2D eigenvalue weighted by Crippen LogP contribution is -2.49. The minimum atomic E-state index is -1.16. The van der Waals surface area contributed by atoms with Gasteiger partial charge < -0.3 is 16.2 Å². The second-order valence-corrected chi connectivity index (χ2v) is 6.76. The number of rotatable bonds is 5. The molecule has 4 N–H and O–H groups in total. The van der Waals surface area contributed by atoms with Gasteiger partial charge in [0.05, 0.1) is 6.10 Å². The summed E-state index contributed by atoms with van der Waals surface area (Å²) in [6.45, 7) is 3.76. The Kier molecular flexibility index (Phi) is 5.57. The molecule has 2 aromatic carbocycles. The zero-order valence-corrected chi connectivity index (χ0v) is 14.8. The monoisotopic (exact) mass is 376 g/mol. The van der Waals surface area contributed by atoms with Gasteiger partial charge in [-0.3, -0.25) is 4.79 Å². The molecule has 2 atom stereocenters. The summed E-state index contributed by atoms with van der Waals surface area (Å²) in [6.07, 6.45) is -0.764. The van der Waals surface area contributed by atoms with Crippen molar-refractivity contribution in [3.63, 3.8) is 0 Å². The van der Waals surface area contributed by atoms with Crippen molar-refractivity contribution in [3.8, 4) is 0 Å². The van der Waals surface area contributed by atoms with Crippen molar-refractivity contribution in [1.29, 1.82) is 0 Å². The Morgan fingerprint density at radius 2 is 1.78 bits per heavy atom. The van der Waals surface area contributed by atoms with E-state index in [1.165, 1.54) is 0 Å². The molecule has 0 aliphatic heterocycles. The van der Waals surface area contributed by atoms with Gasteiger partial charge in [0.1, 0.15) is 5.54 Å². The number of nitrogens with two attached hydrogens (primary N) is 1. The molecule has 0 spiro atoms. The van der Waals surface area contributed by atoms with E-state index in [4.69, 9.17) is 5.73 Å². The molecule has 0 radical (unpaired) electrons. The molecule has 0 aromatic heterocycles. The van der Waals surface area contributed by atoms with E-state index in [9.17, 15) is 9.90 Å². The molecule has 0 aliphatic rings. The quantitative estimate of drug-likeness (QED) is 0.750.